The van der Waals surface area contributed by atoms with Crippen LogP contribution < -0.4 is 5.32 Å². The molecule has 0 radical (unpaired) electrons. The van der Waals surface area contributed by atoms with Crippen LogP contribution in [-0.4, -0.2) is 53.4 Å². The van der Waals surface area contributed by atoms with Crippen LogP contribution in [0.2, 0.25) is 0 Å². The molecule has 4 rings (SSSR count). The molecule has 0 unspecified atom stereocenters. The van der Waals surface area contributed by atoms with Gasteiger partial charge < -0.3 is 10.2 Å². The molecule has 1 N–H and O–H groups in total. The molecule has 0 atom stereocenters. The fraction of sp³-hybridized carbons (Fsp3) is 0.524. The molecule has 1 amide bonds. The molecule has 0 aromatic carbocycles. The van der Waals surface area contributed by atoms with E-state index in [9.17, 15) is 4.79 Å². The summed E-state index contributed by atoms with van der Waals surface area (Å²) >= 11 is 1.74. The summed E-state index contributed by atoms with van der Waals surface area (Å²) in [4.78, 5) is 23.4. The summed E-state index contributed by atoms with van der Waals surface area (Å²) < 4.78 is 0. The van der Waals surface area contributed by atoms with Crippen molar-refractivity contribution in [1.29, 1.82) is 0 Å². The van der Waals surface area contributed by atoms with Gasteiger partial charge in [-0.25, -0.2) is 0 Å². The fourth-order valence-corrected chi connectivity index (χ4v) is 5.02. The molecular weight excluding hydrogens is 427 g/mol. The number of carbonyl (C=O) groups excluding carboxylic acids is 1. The number of hydrogen-bond donors (Lipinski definition) is 1. The van der Waals surface area contributed by atoms with Crippen molar-refractivity contribution in [3.63, 3.8) is 0 Å². The van der Waals surface area contributed by atoms with Gasteiger partial charge in [0.15, 0.2) is 0 Å². The number of rotatable bonds is 4. The van der Waals surface area contributed by atoms with Crippen molar-refractivity contribution >= 4 is 42.1 Å². The standard InChI is InChI=1S/C21H28N4OS.2ClH/c1-2-16-4-5-17(23-12-16)13-24-10-6-18-19(15-27-20(18)14-24)21(26)25-9-3-7-22-8-11-25;;/h4-5,12,15,22H,2-3,6-11,13-14H2,1H3;2*1H. The summed E-state index contributed by atoms with van der Waals surface area (Å²) in [6, 6.07) is 4.32. The minimum absolute atomic E-state index is 0. The normalized spacial score (nSPS) is 16.9. The lowest BCUT2D eigenvalue weighted by atomic mass is 10.0. The summed E-state index contributed by atoms with van der Waals surface area (Å²) in [7, 11) is 0. The maximum atomic E-state index is 13.0. The highest BCUT2D eigenvalue weighted by Gasteiger charge is 2.26. The maximum absolute atomic E-state index is 13.0. The quantitative estimate of drug-likeness (QED) is 0.763. The number of halogens is 2. The molecule has 4 heterocycles. The van der Waals surface area contributed by atoms with E-state index in [0.29, 0.717) is 0 Å². The number of thiophene rings is 1. The van der Waals surface area contributed by atoms with Gasteiger partial charge in [-0.15, -0.1) is 36.2 Å². The lowest BCUT2D eigenvalue weighted by molar-refractivity contribution is 0.0765. The minimum Gasteiger partial charge on any atom is -0.337 e. The summed E-state index contributed by atoms with van der Waals surface area (Å²) in [6.07, 6.45) is 5.01. The van der Waals surface area contributed by atoms with Crippen LogP contribution in [0.5, 0.6) is 0 Å². The summed E-state index contributed by atoms with van der Waals surface area (Å²) in [6.45, 7) is 8.53. The molecule has 5 nitrogen and oxygen atoms in total. The molecule has 29 heavy (non-hydrogen) atoms. The van der Waals surface area contributed by atoms with Crippen LogP contribution in [0.3, 0.4) is 0 Å². The van der Waals surface area contributed by atoms with Crippen molar-refractivity contribution in [3.05, 3.63) is 51.0 Å². The van der Waals surface area contributed by atoms with Crippen molar-refractivity contribution in [1.82, 2.24) is 20.1 Å². The number of aromatic nitrogens is 1. The van der Waals surface area contributed by atoms with E-state index in [0.717, 1.165) is 76.3 Å². The average Bonchev–Trinajstić information content (AvgIpc) is 2.93. The topological polar surface area (TPSA) is 48.5 Å². The van der Waals surface area contributed by atoms with Gasteiger partial charge in [-0.2, -0.15) is 0 Å². The smallest absolute Gasteiger partial charge is 0.255 e. The lowest BCUT2D eigenvalue weighted by Crippen LogP contribution is -2.35. The third-order valence-corrected chi connectivity index (χ3v) is 6.58. The minimum atomic E-state index is 0. The van der Waals surface area contributed by atoms with Gasteiger partial charge in [0.25, 0.3) is 5.91 Å². The first-order valence-corrected chi connectivity index (χ1v) is 10.9. The Morgan fingerprint density at radius 1 is 1.21 bits per heavy atom. The van der Waals surface area contributed by atoms with Gasteiger partial charge in [0.1, 0.15) is 0 Å². The zero-order valence-corrected chi connectivity index (χ0v) is 19.3. The third-order valence-electron chi connectivity index (χ3n) is 5.56. The van der Waals surface area contributed by atoms with Crippen LogP contribution in [0.25, 0.3) is 0 Å². The SMILES string of the molecule is CCc1ccc(CN2CCc3c(C(=O)N4CCCNCC4)csc3C2)nc1.Cl.Cl. The molecule has 0 spiro atoms. The number of aryl methyl sites for hydroxylation is 1. The van der Waals surface area contributed by atoms with E-state index in [1.165, 1.54) is 16.0 Å². The summed E-state index contributed by atoms with van der Waals surface area (Å²) in [5.41, 5.74) is 4.64. The Kier molecular flexibility index (Phi) is 9.37. The first-order chi connectivity index (χ1) is 13.2. The van der Waals surface area contributed by atoms with E-state index in [1.807, 2.05) is 11.1 Å². The average molecular weight is 457 g/mol. The number of carbonyl (C=O) groups is 1. The second-order valence-corrected chi connectivity index (χ2v) is 8.38. The van der Waals surface area contributed by atoms with Crippen LogP contribution in [0, 0.1) is 0 Å². The highest BCUT2D eigenvalue weighted by molar-refractivity contribution is 7.10. The molecule has 2 aliphatic heterocycles. The number of nitrogens with zero attached hydrogens (tertiary/aromatic N) is 3. The van der Waals surface area contributed by atoms with Gasteiger partial charge in [-0.1, -0.05) is 13.0 Å². The van der Waals surface area contributed by atoms with E-state index < -0.39 is 0 Å². The first-order valence-electron chi connectivity index (χ1n) is 10.00. The summed E-state index contributed by atoms with van der Waals surface area (Å²) in [5.74, 6) is 0.224. The Bertz CT molecular complexity index is 788. The maximum Gasteiger partial charge on any atom is 0.255 e. The highest BCUT2D eigenvalue weighted by Crippen LogP contribution is 2.30. The zero-order valence-electron chi connectivity index (χ0n) is 16.9. The number of hydrogen-bond acceptors (Lipinski definition) is 5. The van der Waals surface area contributed by atoms with Crippen LogP contribution in [0.4, 0.5) is 0 Å². The monoisotopic (exact) mass is 456 g/mol. The molecule has 2 aromatic rings. The largest absolute Gasteiger partial charge is 0.337 e. The Labute approximate surface area is 189 Å². The summed E-state index contributed by atoms with van der Waals surface area (Å²) in [5, 5.41) is 5.46. The van der Waals surface area contributed by atoms with Gasteiger partial charge in [-0.3, -0.25) is 14.7 Å². The van der Waals surface area contributed by atoms with Gasteiger partial charge in [0.05, 0.1) is 11.3 Å². The number of nitrogens with one attached hydrogen (secondary N) is 1. The highest BCUT2D eigenvalue weighted by atomic mass is 35.5. The van der Waals surface area contributed by atoms with E-state index in [1.54, 1.807) is 11.3 Å². The van der Waals surface area contributed by atoms with Crippen LogP contribution in [0.15, 0.2) is 23.7 Å². The predicted molar refractivity (Wildman–Crippen MR) is 124 cm³/mol. The van der Waals surface area contributed by atoms with Gasteiger partial charge in [0.2, 0.25) is 0 Å². The molecule has 160 valence electrons. The Morgan fingerprint density at radius 3 is 2.83 bits per heavy atom. The van der Waals surface area contributed by atoms with Crippen LogP contribution in [-0.2, 0) is 25.9 Å². The molecule has 2 aliphatic rings. The van der Waals surface area contributed by atoms with E-state index in [4.69, 9.17) is 0 Å². The van der Waals surface area contributed by atoms with Crippen molar-refractivity contribution < 1.29 is 4.79 Å². The number of fused-ring (bicyclic) bond motifs is 1. The Morgan fingerprint density at radius 2 is 2.07 bits per heavy atom. The molecule has 0 bridgehead atoms. The van der Waals surface area contributed by atoms with Gasteiger partial charge in [-0.05, 0) is 43.0 Å². The van der Waals surface area contributed by atoms with E-state index in [-0.39, 0.29) is 30.7 Å². The Balaban J connectivity index is 0.00000150. The molecule has 1 fully saturated rings. The van der Waals surface area contributed by atoms with Gasteiger partial charge in [0, 0.05) is 55.7 Å². The van der Waals surface area contributed by atoms with E-state index >= 15 is 0 Å². The Hall–Kier alpha value is -1.18. The van der Waals surface area contributed by atoms with Crippen molar-refractivity contribution in [3.8, 4) is 0 Å². The van der Waals surface area contributed by atoms with Crippen molar-refractivity contribution in [2.24, 2.45) is 0 Å². The number of pyridine rings is 1. The molecule has 8 heteroatoms. The fourth-order valence-electron chi connectivity index (χ4n) is 3.90. The van der Waals surface area contributed by atoms with Gasteiger partial charge >= 0.3 is 0 Å². The lowest BCUT2D eigenvalue weighted by Gasteiger charge is -2.27. The molecular formula is C21H30Cl2N4OS. The van der Waals surface area contributed by atoms with Crippen LogP contribution in [0.1, 0.15) is 45.4 Å². The third kappa shape index (κ3) is 5.70. The van der Waals surface area contributed by atoms with Crippen LogP contribution >= 0.6 is 36.2 Å². The molecule has 1 saturated heterocycles. The molecule has 2 aromatic heterocycles. The zero-order chi connectivity index (χ0) is 18.6. The van der Waals surface area contributed by atoms with E-state index in [2.05, 4.69) is 39.6 Å². The molecule has 0 aliphatic carbocycles. The first kappa shape index (κ1) is 24.1. The van der Waals surface area contributed by atoms with Crippen molar-refractivity contribution in [2.75, 3.05) is 32.7 Å². The second-order valence-electron chi connectivity index (χ2n) is 7.42. The number of amides is 1. The molecule has 0 saturated carbocycles. The second kappa shape index (κ2) is 11.3. The van der Waals surface area contributed by atoms with Crippen molar-refractivity contribution in [2.45, 2.75) is 39.3 Å². The predicted octanol–water partition coefficient (Wildman–Crippen LogP) is 3.54.